The molecule has 1 aromatic rings. The number of nitrogens with zero attached hydrogens (tertiary/aromatic N) is 1. The van der Waals surface area contributed by atoms with Crippen molar-refractivity contribution in [2.24, 2.45) is 0 Å². The molecule has 0 saturated heterocycles. The molecule has 0 spiro atoms. The predicted molar refractivity (Wildman–Crippen MR) is 83.0 cm³/mol. The van der Waals surface area contributed by atoms with Gasteiger partial charge in [-0.3, -0.25) is 9.59 Å². The number of hydrogen-bond donors (Lipinski definition) is 2. The summed E-state index contributed by atoms with van der Waals surface area (Å²) in [4.78, 5) is 25.3. The predicted octanol–water partition coefficient (Wildman–Crippen LogP) is 2.26. The Labute approximate surface area is 125 Å². The molecular weight excluding hydrogens is 268 g/mol. The second-order valence-electron chi connectivity index (χ2n) is 5.79. The third-order valence-electron chi connectivity index (χ3n) is 3.77. The van der Waals surface area contributed by atoms with Crippen molar-refractivity contribution in [3.8, 4) is 0 Å². The van der Waals surface area contributed by atoms with Crippen molar-refractivity contribution in [2.45, 2.75) is 45.6 Å². The number of aliphatic carboxylic acids is 1. The minimum atomic E-state index is -0.904. The number of nitrogen functional groups attached to an aromatic ring is 1. The number of likely N-dealkylation sites (N-methyl/N-ethyl adjacent to an activating group) is 1. The van der Waals surface area contributed by atoms with Crippen LogP contribution in [0.15, 0.2) is 24.3 Å². The van der Waals surface area contributed by atoms with E-state index in [2.05, 4.69) is 0 Å². The summed E-state index contributed by atoms with van der Waals surface area (Å²) in [6.07, 6.45) is -0.0581. The molecule has 0 fully saturated rings. The highest BCUT2D eigenvalue weighted by molar-refractivity contribution is 5.88. The number of anilines is 1. The first-order valence-electron chi connectivity index (χ1n) is 7.09. The standard InChI is InChI=1S/C16H24N2O3/c1-5-18(11(2)10-14(19)20)15(21)16(3,4)12-6-8-13(17)9-7-12/h6-9,11H,5,10,17H2,1-4H3,(H,19,20). The lowest BCUT2D eigenvalue weighted by Gasteiger charge is -2.35. The van der Waals surface area contributed by atoms with Crippen LogP contribution in [0.5, 0.6) is 0 Å². The van der Waals surface area contributed by atoms with E-state index in [-0.39, 0.29) is 18.4 Å². The van der Waals surface area contributed by atoms with Gasteiger partial charge < -0.3 is 15.7 Å². The van der Waals surface area contributed by atoms with Crippen molar-refractivity contribution in [3.05, 3.63) is 29.8 Å². The summed E-state index contributed by atoms with van der Waals surface area (Å²) in [7, 11) is 0. The number of carboxylic acid groups (broad SMARTS) is 1. The number of benzene rings is 1. The smallest absolute Gasteiger partial charge is 0.305 e. The van der Waals surface area contributed by atoms with E-state index < -0.39 is 11.4 Å². The SMILES string of the molecule is CCN(C(=O)C(C)(C)c1ccc(N)cc1)C(C)CC(=O)O. The Hall–Kier alpha value is -2.04. The molecule has 0 aliphatic heterocycles. The summed E-state index contributed by atoms with van der Waals surface area (Å²) < 4.78 is 0. The van der Waals surface area contributed by atoms with Crippen LogP contribution in [0.2, 0.25) is 0 Å². The van der Waals surface area contributed by atoms with E-state index in [0.717, 1.165) is 5.56 Å². The summed E-state index contributed by atoms with van der Waals surface area (Å²) in [5.41, 5.74) is 6.46. The van der Waals surface area contributed by atoms with Gasteiger partial charge in [0.2, 0.25) is 5.91 Å². The molecule has 5 nitrogen and oxygen atoms in total. The van der Waals surface area contributed by atoms with Crippen LogP contribution in [0.3, 0.4) is 0 Å². The lowest BCUT2D eigenvalue weighted by Crippen LogP contribution is -2.48. The van der Waals surface area contributed by atoms with E-state index >= 15 is 0 Å². The molecule has 0 saturated carbocycles. The van der Waals surface area contributed by atoms with Crippen LogP contribution in [0.4, 0.5) is 5.69 Å². The molecule has 1 atom stereocenters. The van der Waals surface area contributed by atoms with Gasteiger partial charge in [-0.05, 0) is 45.4 Å². The maximum absolute atomic E-state index is 12.8. The highest BCUT2D eigenvalue weighted by atomic mass is 16.4. The third kappa shape index (κ3) is 3.97. The zero-order valence-corrected chi connectivity index (χ0v) is 13.1. The zero-order valence-electron chi connectivity index (χ0n) is 13.1. The molecule has 0 radical (unpaired) electrons. The highest BCUT2D eigenvalue weighted by Crippen LogP contribution is 2.27. The van der Waals surface area contributed by atoms with Gasteiger partial charge in [-0.2, -0.15) is 0 Å². The van der Waals surface area contributed by atoms with Crippen LogP contribution in [-0.2, 0) is 15.0 Å². The Bertz CT molecular complexity index is 509. The van der Waals surface area contributed by atoms with Gasteiger partial charge in [0, 0.05) is 18.3 Å². The monoisotopic (exact) mass is 292 g/mol. The quantitative estimate of drug-likeness (QED) is 0.788. The molecule has 1 unspecified atom stereocenters. The first kappa shape index (κ1) is 17.0. The summed E-state index contributed by atoms with van der Waals surface area (Å²) in [5.74, 6) is -0.984. The number of carbonyl (C=O) groups is 2. The first-order chi connectivity index (χ1) is 9.70. The van der Waals surface area contributed by atoms with E-state index in [1.807, 2.05) is 32.9 Å². The van der Waals surface area contributed by atoms with Crippen LogP contribution in [0, 0.1) is 0 Å². The second-order valence-corrected chi connectivity index (χ2v) is 5.79. The highest BCUT2D eigenvalue weighted by Gasteiger charge is 2.35. The molecule has 5 heteroatoms. The van der Waals surface area contributed by atoms with Gasteiger partial charge in [0.05, 0.1) is 11.8 Å². The van der Waals surface area contributed by atoms with Crippen molar-refractivity contribution in [1.82, 2.24) is 4.90 Å². The average molecular weight is 292 g/mol. The molecule has 3 N–H and O–H groups in total. The van der Waals surface area contributed by atoms with Gasteiger partial charge in [-0.25, -0.2) is 0 Å². The fraction of sp³-hybridized carbons (Fsp3) is 0.500. The van der Waals surface area contributed by atoms with Crippen molar-refractivity contribution in [2.75, 3.05) is 12.3 Å². The molecule has 0 aliphatic carbocycles. The maximum atomic E-state index is 12.8. The van der Waals surface area contributed by atoms with Crippen LogP contribution in [0.25, 0.3) is 0 Å². The summed E-state index contributed by atoms with van der Waals surface area (Å²) in [5, 5.41) is 8.91. The van der Waals surface area contributed by atoms with E-state index in [1.165, 1.54) is 0 Å². The fourth-order valence-electron chi connectivity index (χ4n) is 2.40. The number of rotatable bonds is 6. The van der Waals surface area contributed by atoms with Gasteiger partial charge >= 0.3 is 5.97 Å². The molecule has 0 aromatic heterocycles. The van der Waals surface area contributed by atoms with Gasteiger partial charge in [0.25, 0.3) is 0 Å². The summed E-state index contributed by atoms with van der Waals surface area (Å²) in [6, 6.07) is 6.86. The molecule has 116 valence electrons. The van der Waals surface area contributed by atoms with Crippen LogP contribution >= 0.6 is 0 Å². The zero-order chi connectivity index (χ0) is 16.2. The summed E-state index contributed by atoms with van der Waals surface area (Å²) in [6.45, 7) is 7.78. The first-order valence-corrected chi connectivity index (χ1v) is 7.09. The molecular formula is C16H24N2O3. The van der Waals surface area contributed by atoms with Crippen molar-refractivity contribution < 1.29 is 14.7 Å². The van der Waals surface area contributed by atoms with Crippen molar-refractivity contribution in [1.29, 1.82) is 0 Å². The van der Waals surface area contributed by atoms with Crippen molar-refractivity contribution in [3.63, 3.8) is 0 Å². The minimum absolute atomic E-state index is 0.0581. The number of nitrogens with two attached hydrogens (primary N) is 1. The molecule has 0 bridgehead atoms. The summed E-state index contributed by atoms with van der Waals surface area (Å²) >= 11 is 0. The molecule has 21 heavy (non-hydrogen) atoms. The topological polar surface area (TPSA) is 83.6 Å². The molecule has 0 heterocycles. The second kappa shape index (κ2) is 6.61. The fourth-order valence-corrected chi connectivity index (χ4v) is 2.40. The van der Waals surface area contributed by atoms with Gasteiger partial charge in [0.1, 0.15) is 0 Å². The molecule has 1 rings (SSSR count). The number of hydrogen-bond acceptors (Lipinski definition) is 3. The molecule has 1 amide bonds. The van der Waals surface area contributed by atoms with Gasteiger partial charge in [0.15, 0.2) is 0 Å². The Kier molecular flexibility index (Phi) is 5.35. The Balaban J connectivity index is 3.01. The number of carboxylic acids is 1. The normalized spacial score (nSPS) is 12.8. The lowest BCUT2D eigenvalue weighted by atomic mass is 9.82. The maximum Gasteiger partial charge on any atom is 0.305 e. The minimum Gasteiger partial charge on any atom is -0.481 e. The number of carbonyl (C=O) groups excluding carboxylic acids is 1. The van der Waals surface area contributed by atoms with E-state index in [0.29, 0.717) is 12.2 Å². The lowest BCUT2D eigenvalue weighted by molar-refractivity contribution is -0.142. The Morgan fingerprint density at radius 3 is 2.24 bits per heavy atom. The van der Waals surface area contributed by atoms with Crippen LogP contribution in [-0.4, -0.2) is 34.5 Å². The van der Waals surface area contributed by atoms with Crippen LogP contribution in [0.1, 0.15) is 39.7 Å². The molecule has 0 aliphatic rings. The van der Waals surface area contributed by atoms with E-state index in [1.54, 1.807) is 24.0 Å². The van der Waals surface area contributed by atoms with E-state index in [9.17, 15) is 9.59 Å². The van der Waals surface area contributed by atoms with Gasteiger partial charge in [-0.1, -0.05) is 12.1 Å². The number of amides is 1. The third-order valence-corrected chi connectivity index (χ3v) is 3.77. The van der Waals surface area contributed by atoms with E-state index in [4.69, 9.17) is 10.8 Å². The Morgan fingerprint density at radius 1 is 1.29 bits per heavy atom. The van der Waals surface area contributed by atoms with Gasteiger partial charge in [-0.15, -0.1) is 0 Å². The average Bonchev–Trinajstić information content (AvgIpc) is 2.39. The Morgan fingerprint density at radius 2 is 1.81 bits per heavy atom. The molecule has 1 aromatic carbocycles. The van der Waals surface area contributed by atoms with Crippen molar-refractivity contribution >= 4 is 17.6 Å². The van der Waals surface area contributed by atoms with Crippen LogP contribution < -0.4 is 5.73 Å². The largest absolute Gasteiger partial charge is 0.481 e.